The van der Waals surface area contributed by atoms with E-state index in [-0.39, 0.29) is 24.9 Å². The maximum absolute atomic E-state index is 11.3. The first-order valence-electron chi connectivity index (χ1n) is 4.68. The number of hydrogen-bond donors (Lipinski definition) is 1. The van der Waals surface area contributed by atoms with Crippen LogP contribution < -0.4 is 5.32 Å². The molecule has 0 aromatic carbocycles. The Morgan fingerprint density at radius 1 is 1.54 bits per heavy atom. The van der Waals surface area contributed by atoms with E-state index in [1.54, 1.807) is 4.90 Å². The number of nitrogens with one attached hydrogen (secondary N) is 1. The molecule has 1 aliphatic rings. The number of carbonyl (C=O) groups excluding carboxylic acids is 2. The van der Waals surface area contributed by atoms with E-state index < -0.39 is 0 Å². The summed E-state index contributed by atoms with van der Waals surface area (Å²) in [5, 5.41) is 2.52. The second-order valence-electron chi connectivity index (χ2n) is 3.56. The van der Waals surface area contributed by atoms with Crippen LogP contribution in [0.25, 0.3) is 0 Å². The van der Waals surface area contributed by atoms with E-state index in [9.17, 15) is 9.59 Å². The SMILES string of the molecule is CCC(C)CN1CC(=O)NCC1=O. The third-order valence-corrected chi connectivity index (χ3v) is 2.35. The Kier molecular flexibility index (Phi) is 3.28. The van der Waals surface area contributed by atoms with Crippen molar-refractivity contribution >= 4 is 11.8 Å². The Hall–Kier alpha value is -1.06. The second-order valence-corrected chi connectivity index (χ2v) is 3.56. The van der Waals surface area contributed by atoms with Gasteiger partial charge in [-0.05, 0) is 5.92 Å². The van der Waals surface area contributed by atoms with Crippen LogP contribution in [0.4, 0.5) is 0 Å². The molecule has 1 heterocycles. The normalized spacial score (nSPS) is 20.0. The lowest BCUT2D eigenvalue weighted by molar-refractivity contribution is -0.141. The average molecular weight is 184 g/mol. The minimum atomic E-state index is -0.0529. The van der Waals surface area contributed by atoms with Crippen molar-refractivity contribution in [3.05, 3.63) is 0 Å². The second kappa shape index (κ2) is 4.25. The quantitative estimate of drug-likeness (QED) is 0.670. The van der Waals surface area contributed by atoms with Crippen LogP contribution in [0.2, 0.25) is 0 Å². The molecule has 0 saturated carbocycles. The molecule has 4 nitrogen and oxygen atoms in total. The Balaban J connectivity index is 2.46. The molecule has 74 valence electrons. The van der Waals surface area contributed by atoms with Gasteiger partial charge in [-0.1, -0.05) is 20.3 Å². The maximum atomic E-state index is 11.3. The van der Waals surface area contributed by atoms with Gasteiger partial charge in [0.25, 0.3) is 0 Å². The molecule has 13 heavy (non-hydrogen) atoms. The molecule has 0 radical (unpaired) electrons. The van der Waals surface area contributed by atoms with Crippen LogP contribution in [-0.2, 0) is 9.59 Å². The van der Waals surface area contributed by atoms with Crippen LogP contribution in [0, 0.1) is 5.92 Å². The molecule has 1 aliphatic heterocycles. The van der Waals surface area contributed by atoms with Gasteiger partial charge >= 0.3 is 0 Å². The first-order valence-corrected chi connectivity index (χ1v) is 4.68. The minimum Gasteiger partial charge on any atom is -0.345 e. The molecule has 0 aliphatic carbocycles. The molecule has 0 bridgehead atoms. The van der Waals surface area contributed by atoms with Crippen LogP contribution in [-0.4, -0.2) is 36.3 Å². The first-order chi connectivity index (χ1) is 6.13. The zero-order valence-corrected chi connectivity index (χ0v) is 8.17. The van der Waals surface area contributed by atoms with Crippen LogP contribution >= 0.6 is 0 Å². The monoisotopic (exact) mass is 184 g/mol. The Morgan fingerprint density at radius 3 is 2.85 bits per heavy atom. The molecule has 2 amide bonds. The number of carbonyl (C=O) groups is 2. The third-order valence-electron chi connectivity index (χ3n) is 2.35. The predicted octanol–water partition coefficient (Wildman–Crippen LogP) is -0.00910. The van der Waals surface area contributed by atoms with Crippen molar-refractivity contribution in [3.8, 4) is 0 Å². The highest BCUT2D eigenvalue weighted by molar-refractivity contribution is 5.92. The summed E-state index contributed by atoms with van der Waals surface area (Å²) >= 11 is 0. The van der Waals surface area contributed by atoms with Crippen LogP contribution in [0.5, 0.6) is 0 Å². The molecule has 0 aromatic heterocycles. The molecular weight excluding hydrogens is 168 g/mol. The van der Waals surface area contributed by atoms with Gasteiger partial charge in [0.15, 0.2) is 0 Å². The van der Waals surface area contributed by atoms with Gasteiger partial charge < -0.3 is 10.2 Å². The van der Waals surface area contributed by atoms with E-state index in [1.807, 2.05) is 0 Å². The number of rotatable bonds is 3. The maximum Gasteiger partial charge on any atom is 0.242 e. The van der Waals surface area contributed by atoms with Gasteiger partial charge in [-0.3, -0.25) is 9.59 Å². The lowest BCUT2D eigenvalue weighted by Crippen LogP contribution is -2.52. The van der Waals surface area contributed by atoms with E-state index in [2.05, 4.69) is 19.2 Å². The summed E-state index contributed by atoms with van der Waals surface area (Å²) in [5.74, 6) is 0.442. The Labute approximate surface area is 78.3 Å². The topological polar surface area (TPSA) is 49.4 Å². The lowest BCUT2D eigenvalue weighted by atomic mass is 10.1. The molecule has 1 rings (SSSR count). The molecule has 1 unspecified atom stereocenters. The molecule has 4 heteroatoms. The van der Waals surface area contributed by atoms with E-state index >= 15 is 0 Å². The van der Waals surface area contributed by atoms with Crippen LogP contribution in [0.3, 0.4) is 0 Å². The Morgan fingerprint density at radius 2 is 2.23 bits per heavy atom. The van der Waals surface area contributed by atoms with Crippen molar-refractivity contribution < 1.29 is 9.59 Å². The minimum absolute atomic E-state index is 0.0277. The van der Waals surface area contributed by atoms with E-state index in [4.69, 9.17) is 0 Å². The zero-order valence-electron chi connectivity index (χ0n) is 8.17. The van der Waals surface area contributed by atoms with Crippen molar-refractivity contribution in [3.63, 3.8) is 0 Å². The molecule has 1 fully saturated rings. The summed E-state index contributed by atoms with van der Waals surface area (Å²) in [6.45, 7) is 5.25. The smallest absolute Gasteiger partial charge is 0.242 e. The average Bonchev–Trinajstić information content (AvgIpc) is 2.11. The van der Waals surface area contributed by atoms with Crippen molar-refractivity contribution in [1.82, 2.24) is 10.2 Å². The zero-order chi connectivity index (χ0) is 9.84. The van der Waals surface area contributed by atoms with E-state index in [1.165, 1.54) is 0 Å². The van der Waals surface area contributed by atoms with Gasteiger partial charge in [-0.25, -0.2) is 0 Å². The molecule has 0 spiro atoms. The van der Waals surface area contributed by atoms with E-state index in [0.29, 0.717) is 12.5 Å². The summed E-state index contributed by atoms with van der Waals surface area (Å²) < 4.78 is 0. The highest BCUT2D eigenvalue weighted by atomic mass is 16.2. The number of hydrogen-bond acceptors (Lipinski definition) is 2. The van der Waals surface area contributed by atoms with Gasteiger partial charge in [0, 0.05) is 6.54 Å². The predicted molar refractivity (Wildman–Crippen MR) is 49.0 cm³/mol. The van der Waals surface area contributed by atoms with Crippen molar-refractivity contribution in [2.24, 2.45) is 5.92 Å². The Bertz CT molecular complexity index is 216. The molecule has 1 atom stereocenters. The van der Waals surface area contributed by atoms with E-state index in [0.717, 1.165) is 6.42 Å². The highest BCUT2D eigenvalue weighted by Gasteiger charge is 2.23. The van der Waals surface area contributed by atoms with Gasteiger partial charge in [-0.2, -0.15) is 0 Å². The van der Waals surface area contributed by atoms with Crippen LogP contribution in [0.15, 0.2) is 0 Å². The summed E-state index contributed by atoms with van der Waals surface area (Å²) in [4.78, 5) is 23.9. The summed E-state index contributed by atoms with van der Waals surface area (Å²) in [6, 6.07) is 0. The summed E-state index contributed by atoms with van der Waals surface area (Å²) in [6.07, 6.45) is 1.03. The fourth-order valence-electron chi connectivity index (χ4n) is 1.28. The molecule has 0 aromatic rings. The van der Waals surface area contributed by atoms with Crippen molar-refractivity contribution in [2.45, 2.75) is 20.3 Å². The summed E-state index contributed by atoms with van der Waals surface area (Å²) in [7, 11) is 0. The number of amides is 2. The summed E-state index contributed by atoms with van der Waals surface area (Å²) in [5.41, 5.74) is 0. The third kappa shape index (κ3) is 2.72. The highest BCUT2D eigenvalue weighted by Crippen LogP contribution is 2.05. The van der Waals surface area contributed by atoms with Crippen molar-refractivity contribution in [2.75, 3.05) is 19.6 Å². The first kappa shape index (κ1) is 10.0. The molecular formula is C9H16N2O2. The van der Waals surface area contributed by atoms with Gasteiger partial charge in [0.2, 0.25) is 11.8 Å². The van der Waals surface area contributed by atoms with Gasteiger partial charge in [-0.15, -0.1) is 0 Å². The molecule has 1 saturated heterocycles. The standard InChI is InChI=1S/C9H16N2O2/c1-3-7(2)5-11-6-8(12)10-4-9(11)13/h7H,3-6H2,1-2H3,(H,10,12). The van der Waals surface area contributed by atoms with Crippen LogP contribution in [0.1, 0.15) is 20.3 Å². The number of piperazine rings is 1. The fourth-order valence-corrected chi connectivity index (χ4v) is 1.28. The lowest BCUT2D eigenvalue weighted by Gasteiger charge is -2.28. The van der Waals surface area contributed by atoms with Crippen molar-refractivity contribution in [1.29, 1.82) is 0 Å². The fraction of sp³-hybridized carbons (Fsp3) is 0.778. The molecule has 1 N–H and O–H groups in total. The number of nitrogens with zero attached hydrogens (tertiary/aromatic N) is 1. The van der Waals surface area contributed by atoms with Gasteiger partial charge in [0.1, 0.15) is 0 Å². The largest absolute Gasteiger partial charge is 0.345 e. The van der Waals surface area contributed by atoms with Gasteiger partial charge in [0.05, 0.1) is 13.1 Å².